The van der Waals surface area contributed by atoms with Gasteiger partial charge in [0.15, 0.2) is 5.78 Å². The summed E-state index contributed by atoms with van der Waals surface area (Å²) in [6.45, 7) is 9.18. The van der Waals surface area contributed by atoms with Crippen LogP contribution in [0.3, 0.4) is 0 Å². The lowest BCUT2D eigenvalue weighted by molar-refractivity contribution is -0.129. The molecule has 0 rings (SSSR count). The molecule has 0 saturated heterocycles. The van der Waals surface area contributed by atoms with E-state index in [1.807, 2.05) is 27.7 Å². The highest BCUT2D eigenvalue weighted by Crippen LogP contribution is 1.94. The predicted molar refractivity (Wildman–Crippen MR) is 71.4 cm³/mol. The zero-order valence-electron chi connectivity index (χ0n) is 11.8. The Morgan fingerprint density at radius 3 is 2.11 bits per heavy atom. The van der Waals surface area contributed by atoms with Gasteiger partial charge in [-0.2, -0.15) is 0 Å². The third-order valence-electron chi connectivity index (χ3n) is 2.20. The zero-order chi connectivity index (χ0) is 14.0. The van der Waals surface area contributed by atoms with Crippen molar-refractivity contribution in [1.29, 1.82) is 0 Å². The van der Waals surface area contributed by atoms with Crippen LogP contribution < -0.4 is 5.32 Å². The van der Waals surface area contributed by atoms with Crippen LogP contribution in [0.1, 0.15) is 29.1 Å². The number of hydrogen-bond donors (Lipinski definition) is 1. The molecule has 1 amide bonds. The Kier molecular flexibility index (Phi) is 9.50. The molecule has 1 N–H and O–H groups in total. The number of Topliss-reactive ketones (excluding diaryl/α,β-unsaturated/α-hetero) is 1. The lowest BCUT2D eigenvalue weighted by atomic mass is 10.1. The van der Waals surface area contributed by atoms with Crippen LogP contribution in [0, 0.1) is 11.8 Å². The normalized spacial score (nSPS) is 11.0. The molecule has 0 aliphatic carbocycles. The van der Waals surface area contributed by atoms with E-state index in [1.54, 1.807) is 0 Å². The first-order valence-corrected chi connectivity index (χ1v) is 6.38. The molecule has 0 radical (unpaired) electrons. The molecule has 0 bridgehead atoms. The van der Waals surface area contributed by atoms with Crippen molar-refractivity contribution in [3.8, 4) is 0 Å². The number of hydrogen-bond acceptors (Lipinski definition) is 4. The maximum atomic E-state index is 11.2. The molecule has 0 aliphatic heterocycles. The minimum Gasteiger partial charge on any atom is -0.371 e. The van der Waals surface area contributed by atoms with Gasteiger partial charge in [0.05, 0.1) is 13.2 Å². The molecular formula is C13H27NO4. The maximum absolute atomic E-state index is 11.2. The van der Waals surface area contributed by atoms with Gasteiger partial charge in [0, 0.05) is 13.9 Å². The summed E-state index contributed by atoms with van der Waals surface area (Å²) in [4.78, 5) is 22.4. The third-order valence-corrected chi connectivity index (χ3v) is 2.20. The average molecular weight is 261 g/mol. The Balaban J connectivity index is 0. The van der Waals surface area contributed by atoms with E-state index in [0.29, 0.717) is 25.7 Å². The summed E-state index contributed by atoms with van der Waals surface area (Å²) in [6.07, 6.45) is 0. The van der Waals surface area contributed by atoms with Gasteiger partial charge in [0.25, 0.3) is 0 Å². The Hall–Kier alpha value is -0.940. The number of amides is 1. The van der Waals surface area contributed by atoms with Crippen molar-refractivity contribution >= 4 is 11.7 Å². The van der Waals surface area contributed by atoms with Crippen molar-refractivity contribution in [3.63, 3.8) is 0 Å². The second-order valence-electron chi connectivity index (χ2n) is 4.92. The molecule has 0 spiro atoms. The second kappa shape index (κ2) is 10.0. The summed E-state index contributed by atoms with van der Waals surface area (Å²) < 4.78 is 10.3. The van der Waals surface area contributed by atoms with Crippen molar-refractivity contribution in [2.75, 3.05) is 33.0 Å². The van der Waals surface area contributed by atoms with Crippen LogP contribution in [0.25, 0.3) is 0 Å². The van der Waals surface area contributed by atoms with Crippen LogP contribution in [0.15, 0.2) is 0 Å². The highest BCUT2D eigenvalue weighted by Gasteiger charge is 2.06. The third kappa shape index (κ3) is 10.2. The van der Waals surface area contributed by atoms with Crippen molar-refractivity contribution in [1.82, 2.24) is 5.32 Å². The fraction of sp³-hybridized carbons (Fsp3) is 0.846. The van der Waals surface area contributed by atoms with Crippen LogP contribution in [0.5, 0.6) is 0 Å². The highest BCUT2D eigenvalue weighted by molar-refractivity contribution is 5.81. The number of carbonyl (C=O) groups excluding carboxylic acids is 2. The number of ether oxygens (including phenoxy) is 2. The van der Waals surface area contributed by atoms with Crippen molar-refractivity contribution in [2.45, 2.75) is 27.7 Å². The van der Waals surface area contributed by atoms with Gasteiger partial charge < -0.3 is 14.8 Å². The molecule has 0 unspecified atom stereocenters. The maximum Gasteiger partial charge on any atom is 0.246 e. The van der Waals surface area contributed by atoms with Gasteiger partial charge in [-0.1, -0.05) is 27.7 Å². The molecule has 18 heavy (non-hydrogen) atoms. The lowest BCUT2D eigenvalue weighted by Gasteiger charge is -2.08. The molecule has 108 valence electrons. The van der Waals surface area contributed by atoms with E-state index in [0.717, 1.165) is 0 Å². The number of nitrogens with one attached hydrogen (secondary N) is 1. The van der Waals surface area contributed by atoms with Crippen LogP contribution in [-0.4, -0.2) is 44.7 Å². The van der Waals surface area contributed by atoms with Crippen LogP contribution >= 0.6 is 0 Å². The molecule has 0 saturated carbocycles. The molecule has 0 fully saturated rings. The summed E-state index contributed by atoms with van der Waals surface area (Å²) in [5.74, 6) is 0.374. The molecule has 0 aromatic rings. The van der Waals surface area contributed by atoms with E-state index in [9.17, 15) is 9.59 Å². The largest absolute Gasteiger partial charge is 0.371 e. The summed E-state index contributed by atoms with van der Waals surface area (Å²) in [6, 6.07) is 0. The molecule has 5 heteroatoms. The summed E-state index contributed by atoms with van der Waals surface area (Å²) in [5, 5.41) is 2.75. The second-order valence-corrected chi connectivity index (χ2v) is 4.92. The van der Waals surface area contributed by atoms with Gasteiger partial charge in [0.1, 0.15) is 13.2 Å². The van der Waals surface area contributed by atoms with Gasteiger partial charge >= 0.3 is 0 Å². The van der Waals surface area contributed by atoms with Gasteiger partial charge in [-0.25, -0.2) is 0 Å². The standard InChI is InChI=1S/C13H25NO4.H2/c1-10(2)7-14-13(16)9-18-6-5-17-8-12(15)11(3)4;/h10-11H,5-9H2,1-4H3,(H,14,16);1H. The van der Waals surface area contributed by atoms with E-state index < -0.39 is 0 Å². The first-order valence-electron chi connectivity index (χ1n) is 6.38. The summed E-state index contributed by atoms with van der Waals surface area (Å²) >= 11 is 0. The monoisotopic (exact) mass is 261 g/mol. The fourth-order valence-corrected chi connectivity index (χ4v) is 0.991. The Morgan fingerprint density at radius 1 is 1.06 bits per heavy atom. The SMILES string of the molecule is CC(C)CNC(=O)COCCOCC(=O)C(C)C.[HH]. The topological polar surface area (TPSA) is 64.6 Å². The first-order chi connectivity index (χ1) is 8.43. The van der Waals surface area contributed by atoms with E-state index >= 15 is 0 Å². The Morgan fingerprint density at radius 2 is 1.61 bits per heavy atom. The van der Waals surface area contributed by atoms with Crippen LogP contribution in [0.4, 0.5) is 0 Å². The van der Waals surface area contributed by atoms with Gasteiger partial charge in [-0.05, 0) is 5.92 Å². The zero-order valence-corrected chi connectivity index (χ0v) is 11.8. The van der Waals surface area contributed by atoms with Crippen LogP contribution in [-0.2, 0) is 19.1 Å². The quantitative estimate of drug-likeness (QED) is 0.601. The molecule has 0 aliphatic rings. The summed E-state index contributed by atoms with van der Waals surface area (Å²) in [5.41, 5.74) is 0. The highest BCUT2D eigenvalue weighted by atomic mass is 16.5. The van der Waals surface area contributed by atoms with Gasteiger partial charge in [-0.3, -0.25) is 9.59 Å². The van der Waals surface area contributed by atoms with E-state index in [4.69, 9.17) is 9.47 Å². The minimum atomic E-state index is -0.123. The minimum absolute atomic E-state index is 0. The van der Waals surface area contributed by atoms with Gasteiger partial charge in [-0.15, -0.1) is 0 Å². The van der Waals surface area contributed by atoms with Crippen molar-refractivity contribution < 1.29 is 20.5 Å². The van der Waals surface area contributed by atoms with Crippen LogP contribution in [0.2, 0.25) is 0 Å². The van der Waals surface area contributed by atoms with E-state index in [-0.39, 0.29) is 32.2 Å². The molecular weight excluding hydrogens is 234 g/mol. The smallest absolute Gasteiger partial charge is 0.246 e. The molecule has 5 nitrogen and oxygen atoms in total. The van der Waals surface area contributed by atoms with Crippen molar-refractivity contribution in [3.05, 3.63) is 0 Å². The predicted octanol–water partition coefficient (Wildman–Crippen LogP) is 1.26. The fourth-order valence-electron chi connectivity index (χ4n) is 0.991. The molecule has 0 aromatic heterocycles. The lowest BCUT2D eigenvalue weighted by Crippen LogP contribution is -2.31. The Labute approximate surface area is 111 Å². The molecule has 0 heterocycles. The molecule has 0 atom stereocenters. The molecule has 0 aromatic carbocycles. The summed E-state index contributed by atoms with van der Waals surface area (Å²) in [7, 11) is 0. The number of ketones is 1. The van der Waals surface area contributed by atoms with Crippen molar-refractivity contribution in [2.24, 2.45) is 11.8 Å². The average Bonchev–Trinajstić information content (AvgIpc) is 2.30. The Bertz CT molecular complexity index is 257. The van der Waals surface area contributed by atoms with E-state index in [1.165, 1.54) is 0 Å². The van der Waals surface area contributed by atoms with E-state index in [2.05, 4.69) is 5.32 Å². The number of carbonyl (C=O) groups is 2. The number of rotatable bonds is 10. The first kappa shape index (κ1) is 17.1. The van der Waals surface area contributed by atoms with Gasteiger partial charge in [0.2, 0.25) is 5.91 Å².